The molecule has 13 heavy (non-hydrogen) atoms. The first-order valence-electron chi connectivity index (χ1n) is 4.32. The molecule has 2 aliphatic rings. The molecule has 66 valence electrons. The fraction of sp³-hybridized carbons (Fsp3) is 0.400. The zero-order chi connectivity index (χ0) is 9.26. The Hall–Kier alpha value is -1.56. The van der Waals surface area contributed by atoms with Crippen LogP contribution in [-0.4, -0.2) is 11.8 Å². The lowest BCUT2D eigenvalue weighted by atomic mass is 9.91. The molecule has 0 spiro atoms. The van der Waals surface area contributed by atoms with Crippen LogP contribution in [0, 0.1) is 17.8 Å². The lowest BCUT2D eigenvalue weighted by molar-refractivity contribution is -0.124. The number of amides is 2. The van der Waals surface area contributed by atoms with Crippen LogP contribution in [0.25, 0.3) is 0 Å². The van der Waals surface area contributed by atoms with Crippen LogP contribution in [0.15, 0.2) is 11.6 Å². The predicted octanol–water partition coefficient (Wildman–Crippen LogP) is 0.373. The second kappa shape index (κ2) is 3.06. The molecule has 2 amide bonds. The third-order valence-electron chi connectivity index (χ3n) is 2.23. The smallest absolute Gasteiger partial charge is 0.255 e. The average molecular weight is 175 g/mol. The van der Waals surface area contributed by atoms with Gasteiger partial charge in [-0.1, -0.05) is 5.92 Å². The van der Waals surface area contributed by atoms with Gasteiger partial charge in [0.05, 0.1) is 5.92 Å². The summed E-state index contributed by atoms with van der Waals surface area (Å²) in [5, 5.41) is 2.23. The summed E-state index contributed by atoms with van der Waals surface area (Å²) in [4.78, 5) is 22.1. The molecule has 0 aromatic heterocycles. The van der Waals surface area contributed by atoms with Crippen molar-refractivity contribution in [1.82, 2.24) is 5.32 Å². The molecule has 1 aliphatic carbocycles. The number of imide groups is 1. The van der Waals surface area contributed by atoms with Crippen molar-refractivity contribution in [2.24, 2.45) is 5.92 Å². The Labute approximate surface area is 76.2 Å². The van der Waals surface area contributed by atoms with Crippen LogP contribution in [0.2, 0.25) is 0 Å². The molecule has 0 aromatic rings. The summed E-state index contributed by atoms with van der Waals surface area (Å²) in [6.45, 7) is 0. The molecule has 1 aliphatic heterocycles. The number of carbonyl (C=O) groups is 2. The predicted molar refractivity (Wildman–Crippen MR) is 46.3 cm³/mol. The number of hydrogen-bond donors (Lipinski definition) is 1. The lowest BCUT2D eigenvalue weighted by Gasteiger charge is -2.11. The Morgan fingerprint density at radius 1 is 1.46 bits per heavy atom. The molecular formula is C10H9NO2. The minimum absolute atomic E-state index is 0.0276. The Balaban J connectivity index is 2.23. The molecule has 0 bridgehead atoms. The van der Waals surface area contributed by atoms with Crippen LogP contribution in [0.5, 0.6) is 0 Å². The molecule has 1 N–H and O–H groups in total. The summed E-state index contributed by atoms with van der Waals surface area (Å²) >= 11 is 0. The summed E-state index contributed by atoms with van der Waals surface area (Å²) in [7, 11) is 0. The van der Waals surface area contributed by atoms with E-state index in [9.17, 15) is 9.59 Å². The maximum atomic E-state index is 11.2. The molecule has 3 heteroatoms. The SMILES string of the molecule is O=C1C=C(C2C#CCCC2)C(=O)N1. The topological polar surface area (TPSA) is 46.2 Å². The first-order chi connectivity index (χ1) is 6.27. The van der Waals surface area contributed by atoms with Gasteiger partial charge in [-0.15, -0.1) is 5.92 Å². The summed E-state index contributed by atoms with van der Waals surface area (Å²) in [5.41, 5.74) is 0.539. The van der Waals surface area contributed by atoms with Crippen LogP contribution in [-0.2, 0) is 9.59 Å². The Morgan fingerprint density at radius 3 is 2.85 bits per heavy atom. The van der Waals surface area contributed by atoms with Gasteiger partial charge in [-0.3, -0.25) is 14.9 Å². The Morgan fingerprint density at radius 2 is 2.31 bits per heavy atom. The van der Waals surface area contributed by atoms with E-state index in [0.717, 1.165) is 19.3 Å². The van der Waals surface area contributed by atoms with Crippen molar-refractivity contribution in [2.45, 2.75) is 19.3 Å². The van der Waals surface area contributed by atoms with E-state index in [2.05, 4.69) is 17.2 Å². The highest BCUT2D eigenvalue weighted by Gasteiger charge is 2.27. The van der Waals surface area contributed by atoms with Gasteiger partial charge in [0.2, 0.25) is 0 Å². The van der Waals surface area contributed by atoms with Crippen LogP contribution in [0.1, 0.15) is 19.3 Å². The van der Waals surface area contributed by atoms with Crippen molar-refractivity contribution in [1.29, 1.82) is 0 Å². The minimum atomic E-state index is -0.313. The van der Waals surface area contributed by atoms with E-state index in [1.807, 2.05) is 0 Å². The van der Waals surface area contributed by atoms with E-state index in [1.165, 1.54) is 6.08 Å². The van der Waals surface area contributed by atoms with Crippen LogP contribution < -0.4 is 5.32 Å². The number of hydrogen-bond acceptors (Lipinski definition) is 2. The van der Waals surface area contributed by atoms with Crippen molar-refractivity contribution in [3.8, 4) is 11.8 Å². The van der Waals surface area contributed by atoms with E-state index in [1.54, 1.807) is 0 Å². The average Bonchev–Trinajstić information content (AvgIpc) is 2.47. The molecule has 1 heterocycles. The Kier molecular flexibility index (Phi) is 1.90. The third kappa shape index (κ3) is 1.48. The zero-order valence-electron chi connectivity index (χ0n) is 7.09. The molecular weight excluding hydrogens is 166 g/mol. The van der Waals surface area contributed by atoms with Crippen molar-refractivity contribution >= 4 is 11.8 Å². The molecule has 0 saturated carbocycles. The Bertz CT molecular complexity index is 357. The highest BCUT2D eigenvalue weighted by molar-refractivity contribution is 6.16. The summed E-state index contributed by atoms with van der Waals surface area (Å²) in [6, 6.07) is 0. The highest BCUT2D eigenvalue weighted by atomic mass is 16.2. The first kappa shape index (κ1) is 8.06. The fourth-order valence-electron chi connectivity index (χ4n) is 1.58. The maximum absolute atomic E-state index is 11.2. The normalized spacial score (nSPS) is 26.2. The third-order valence-corrected chi connectivity index (χ3v) is 2.23. The molecule has 3 nitrogen and oxygen atoms in total. The van der Waals surface area contributed by atoms with E-state index >= 15 is 0 Å². The van der Waals surface area contributed by atoms with Gasteiger partial charge < -0.3 is 0 Å². The van der Waals surface area contributed by atoms with Crippen molar-refractivity contribution < 1.29 is 9.59 Å². The zero-order valence-corrected chi connectivity index (χ0v) is 7.09. The van der Waals surface area contributed by atoms with E-state index < -0.39 is 0 Å². The number of nitrogens with one attached hydrogen (secondary N) is 1. The van der Waals surface area contributed by atoms with Crippen LogP contribution in [0.3, 0.4) is 0 Å². The van der Waals surface area contributed by atoms with E-state index in [4.69, 9.17) is 0 Å². The van der Waals surface area contributed by atoms with Gasteiger partial charge in [-0.05, 0) is 12.8 Å². The molecule has 1 unspecified atom stereocenters. The van der Waals surface area contributed by atoms with E-state index in [0.29, 0.717) is 5.57 Å². The number of carbonyl (C=O) groups excluding carboxylic acids is 2. The van der Waals surface area contributed by atoms with Crippen molar-refractivity contribution in [3.05, 3.63) is 11.6 Å². The lowest BCUT2D eigenvalue weighted by Crippen LogP contribution is -2.24. The second-order valence-electron chi connectivity index (χ2n) is 3.18. The number of rotatable bonds is 1. The molecule has 0 aromatic carbocycles. The summed E-state index contributed by atoms with van der Waals surface area (Å²) in [6.07, 6.45) is 4.17. The largest absolute Gasteiger partial charge is 0.289 e. The van der Waals surface area contributed by atoms with Gasteiger partial charge in [0.15, 0.2) is 0 Å². The van der Waals surface area contributed by atoms with Crippen LogP contribution in [0.4, 0.5) is 0 Å². The first-order valence-corrected chi connectivity index (χ1v) is 4.32. The maximum Gasteiger partial charge on any atom is 0.255 e. The summed E-state index contributed by atoms with van der Waals surface area (Å²) in [5.74, 6) is 5.33. The molecule has 1 atom stereocenters. The van der Waals surface area contributed by atoms with Gasteiger partial charge in [0.1, 0.15) is 0 Å². The molecule has 0 radical (unpaired) electrons. The van der Waals surface area contributed by atoms with Crippen LogP contribution >= 0.6 is 0 Å². The molecule has 0 fully saturated rings. The van der Waals surface area contributed by atoms with Crippen molar-refractivity contribution in [3.63, 3.8) is 0 Å². The van der Waals surface area contributed by atoms with Gasteiger partial charge in [-0.2, -0.15) is 0 Å². The van der Waals surface area contributed by atoms with Gasteiger partial charge in [-0.25, -0.2) is 0 Å². The second-order valence-corrected chi connectivity index (χ2v) is 3.18. The highest BCUT2D eigenvalue weighted by Crippen LogP contribution is 2.22. The minimum Gasteiger partial charge on any atom is -0.289 e. The monoisotopic (exact) mass is 175 g/mol. The molecule has 0 saturated heterocycles. The van der Waals surface area contributed by atoms with E-state index in [-0.39, 0.29) is 17.7 Å². The quantitative estimate of drug-likeness (QED) is 0.462. The van der Waals surface area contributed by atoms with Gasteiger partial charge in [0, 0.05) is 18.1 Å². The molecule has 2 rings (SSSR count). The van der Waals surface area contributed by atoms with Gasteiger partial charge >= 0.3 is 0 Å². The van der Waals surface area contributed by atoms with Crippen molar-refractivity contribution in [2.75, 3.05) is 0 Å². The van der Waals surface area contributed by atoms with Gasteiger partial charge in [0.25, 0.3) is 11.8 Å². The standard InChI is InChI=1S/C10H9NO2/c12-9-6-8(10(13)11-9)7-4-2-1-3-5-7/h6-7H,1-2,4H2,(H,11,12,13). The summed E-state index contributed by atoms with van der Waals surface area (Å²) < 4.78 is 0. The fourth-order valence-corrected chi connectivity index (χ4v) is 1.58.